The second-order valence-corrected chi connectivity index (χ2v) is 5.42. The van der Waals surface area contributed by atoms with Crippen LogP contribution >= 0.6 is 0 Å². The number of carbonyl (C=O) groups is 1. The van der Waals surface area contributed by atoms with E-state index in [2.05, 4.69) is 4.98 Å². The van der Waals surface area contributed by atoms with E-state index >= 15 is 0 Å². The Hall–Kier alpha value is -1.89. The predicted molar refractivity (Wildman–Crippen MR) is 90.4 cm³/mol. The average Bonchev–Trinajstić information content (AvgIpc) is 2.46. The molecular formula is C16H15N2NaO4. The number of hydrogen-bond acceptors (Lipinski definition) is 5. The van der Waals surface area contributed by atoms with Gasteiger partial charge >= 0.3 is 35.5 Å². The number of aromatic carboxylic acids is 1. The molecule has 6 nitrogen and oxygen atoms in total. The Bertz CT molecular complexity index is 979. The summed E-state index contributed by atoms with van der Waals surface area (Å²) < 4.78 is 5.59. The summed E-state index contributed by atoms with van der Waals surface area (Å²) in [5.41, 5.74) is 6.51. The molecule has 0 atom stereocenters. The molecule has 0 amide bonds. The van der Waals surface area contributed by atoms with E-state index in [9.17, 15) is 9.59 Å². The topological polar surface area (TPSA) is 106 Å². The van der Waals surface area contributed by atoms with Crippen molar-refractivity contribution in [1.82, 2.24) is 4.98 Å². The molecule has 3 N–H and O–H groups in total. The van der Waals surface area contributed by atoms with Crippen LogP contribution in [0.4, 0.5) is 5.82 Å². The molecule has 0 spiro atoms. The first-order valence-corrected chi connectivity index (χ1v) is 6.78. The van der Waals surface area contributed by atoms with Crippen LogP contribution in [0.15, 0.2) is 33.5 Å². The summed E-state index contributed by atoms with van der Waals surface area (Å²) in [7, 11) is 0. The zero-order chi connectivity index (χ0) is 16.0. The van der Waals surface area contributed by atoms with Crippen molar-refractivity contribution in [3.8, 4) is 0 Å². The first kappa shape index (κ1) is 17.5. The van der Waals surface area contributed by atoms with Crippen LogP contribution in [-0.4, -0.2) is 45.6 Å². The van der Waals surface area contributed by atoms with Crippen molar-refractivity contribution in [3.63, 3.8) is 0 Å². The zero-order valence-corrected chi connectivity index (χ0v) is 12.1. The molecule has 114 valence electrons. The van der Waals surface area contributed by atoms with E-state index in [0.29, 0.717) is 11.0 Å². The minimum atomic E-state index is -1.23. The molecule has 0 fully saturated rings. The van der Waals surface area contributed by atoms with E-state index < -0.39 is 5.97 Å². The predicted octanol–water partition coefficient (Wildman–Crippen LogP) is 2.10. The molecule has 3 rings (SSSR count). The van der Waals surface area contributed by atoms with Crippen LogP contribution < -0.4 is 11.2 Å². The van der Waals surface area contributed by atoms with Crippen LogP contribution in [-0.2, 0) is 0 Å². The monoisotopic (exact) mass is 322 g/mol. The zero-order valence-electron chi connectivity index (χ0n) is 12.1. The molecule has 0 aliphatic heterocycles. The van der Waals surface area contributed by atoms with Crippen molar-refractivity contribution in [2.45, 2.75) is 19.8 Å². The van der Waals surface area contributed by atoms with Crippen molar-refractivity contribution in [2.75, 3.05) is 5.73 Å². The van der Waals surface area contributed by atoms with Gasteiger partial charge in [-0.05, 0) is 29.7 Å². The van der Waals surface area contributed by atoms with E-state index in [0.717, 1.165) is 5.56 Å². The van der Waals surface area contributed by atoms with Gasteiger partial charge in [-0.2, -0.15) is 4.98 Å². The summed E-state index contributed by atoms with van der Waals surface area (Å²) in [6.45, 7) is 4.04. The maximum atomic E-state index is 12.6. The van der Waals surface area contributed by atoms with Gasteiger partial charge in [0.25, 0.3) is 0 Å². The number of rotatable bonds is 2. The van der Waals surface area contributed by atoms with Crippen molar-refractivity contribution >= 4 is 63.4 Å². The van der Waals surface area contributed by atoms with Crippen LogP contribution in [0.3, 0.4) is 0 Å². The molecule has 0 bridgehead atoms. The van der Waals surface area contributed by atoms with E-state index in [-0.39, 0.29) is 63.4 Å². The molecule has 0 aliphatic rings. The van der Waals surface area contributed by atoms with Crippen LogP contribution in [0.25, 0.3) is 22.1 Å². The number of benzene rings is 1. The molecule has 0 aliphatic carbocycles. The minimum absolute atomic E-state index is 0. The molecule has 1 aromatic carbocycles. The van der Waals surface area contributed by atoms with Gasteiger partial charge in [-0.15, -0.1) is 0 Å². The molecule has 3 aromatic rings. The third-order valence-corrected chi connectivity index (χ3v) is 3.61. The number of carboxylic acid groups (broad SMARTS) is 1. The molecule has 0 saturated carbocycles. The molecule has 2 aromatic heterocycles. The standard InChI is InChI=1S/C16H14N2O4.Na.H/c1-7(2)8-3-4-12-9(5-8)13(19)10-6-11(16(20)21)14(17)18-15(10)22-12;;/h3-7H,1-2H3,(H2,17,18)(H,20,21);;. The summed E-state index contributed by atoms with van der Waals surface area (Å²) in [5.74, 6) is -1.15. The van der Waals surface area contributed by atoms with Crippen molar-refractivity contribution in [2.24, 2.45) is 0 Å². The number of fused-ring (bicyclic) bond motifs is 2. The second-order valence-electron chi connectivity index (χ2n) is 5.42. The van der Waals surface area contributed by atoms with Crippen LogP contribution in [0.2, 0.25) is 0 Å². The summed E-state index contributed by atoms with van der Waals surface area (Å²) in [6, 6.07) is 6.58. The molecular weight excluding hydrogens is 307 g/mol. The Labute approximate surface area is 153 Å². The fourth-order valence-electron chi connectivity index (χ4n) is 2.34. The molecule has 2 heterocycles. The van der Waals surface area contributed by atoms with E-state index in [4.69, 9.17) is 15.3 Å². The number of anilines is 1. The first-order valence-electron chi connectivity index (χ1n) is 6.78. The number of carboxylic acids is 1. The number of nitrogens with zero attached hydrogens (tertiary/aromatic N) is 1. The van der Waals surface area contributed by atoms with Crippen LogP contribution in [0.1, 0.15) is 35.7 Å². The van der Waals surface area contributed by atoms with Gasteiger partial charge < -0.3 is 15.3 Å². The summed E-state index contributed by atoms with van der Waals surface area (Å²) in [5, 5.41) is 9.61. The van der Waals surface area contributed by atoms with Gasteiger partial charge in [-0.3, -0.25) is 4.79 Å². The third-order valence-electron chi connectivity index (χ3n) is 3.61. The van der Waals surface area contributed by atoms with Gasteiger partial charge in [0.15, 0.2) is 0 Å². The Balaban J connectivity index is 0.00000192. The number of nitrogens with two attached hydrogens (primary N) is 1. The summed E-state index contributed by atoms with van der Waals surface area (Å²) in [6.07, 6.45) is 0. The maximum absolute atomic E-state index is 12.6. The quantitative estimate of drug-likeness (QED) is 0.553. The fraction of sp³-hybridized carbons (Fsp3) is 0.188. The molecule has 0 unspecified atom stereocenters. The van der Waals surface area contributed by atoms with Gasteiger partial charge in [0.2, 0.25) is 11.1 Å². The van der Waals surface area contributed by atoms with E-state index in [1.54, 1.807) is 12.1 Å². The van der Waals surface area contributed by atoms with E-state index in [1.807, 2.05) is 19.9 Å². The van der Waals surface area contributed by atoms with Gasteiger partial charge in [0.05, 0.1) is 10.8 Å². The number of hydrogen-bond donors (Lipinski definition) is 2. The Morgan fingerprint density at radius 1 is 1.26 bits per heavy atom. The SMILES string of the molecule is CC(C)c1ccc2oc3nc(N)c(C(=O)O)cc3c(=O)c2c1.[NaH]. The summed E-state index contributed by atoms with van der Waals surface area (Å²) in [4.78, 5) is 27.6. The molecule has 7 heteroatoms. The van der Waals surface area contributed by atoms with Crippen molar-refractivity contribution < 1.29 is 14.3 Å². The molecule has 0 saturated heterocycles. The number of nitrogen functional groups attached to an aromatic ring is 1. The second kappa shape index (κ2) is 6.31. The molecule has 0 radical (unpaired) electrons. The summed E-state index contributed by atoms with van der Waals surface area (Å²) >= 11 is 0. The Morgan fingerprint density at radius 3 is 2.57 bits per heavy atom. The third kappa shape index (κ3) is 2.97. The Morgan fingerprint density at radius 2 is 1.96 bits per heavy atom. The van der Waals surface area contributed by atoms with Crippen molar-refractivity contribution in [1.29, 1.82) is 0 Å². The number of pyridine rings is 1. The Kier molecular flexibility index (Phi) is 4.79. The van der Waals surface area contributed by atoms with Gasteiger partial charge in [0.1, 0.15) is 17.0 Å². The van der Waals surface area contributed by atoms with Crippen molar-refractivity contribution in [3.05, 3.63) is 45.6 Å². The fourth-order valence-corrected chi connectivity index (χ4v) is 2.34. The average molecular weight is 322 g/mol. The van der Waals surface area contributed by atoms with Crippen LogP contribution in [0, 0.1) is 0 Å². The van der Waals surface area contributed by atoms with Crippen LogP contribution in [0.5, 0.6) is 0 Å². The van der Waals surface area contributed by atoms with Gasteiger partial charge in [0, 0.05) is 0 Å². The normalized spacial score (nSPS) is 10.9. The van der Waals surface area contributed by atoms with Gasteiger partial charge in [-0.25, -0.2) is 4.79 Å². The van der Waals surface area contributed by atoms with E-state index in [1.165, 1.54) is 6.07 Å². The van der Waals surface area contributed by atoms with Gasteiger partial charge in [-0.1, -0.05) is 19.9 Å². The first-order chi connectivity index (χ1) is 10.4. The molecule has 23 heavy (non-hydrogen) atoms. The number of aromatic nitrogens is 1.